The number of hydrogen-bond acceptors (Lipinski definition) is 2. The van der Waals surface area contributed by atoms with E-state index in [0.717, 1.165) is 36.1 Å². The van der Waals surface area contributed by atoms with E-state index in [2.05, 4.69) is 5.32 Å². The molecular formula is C18H22N2O2. The SMILES string of the molecule is CC(c1ccccc1)N(C)C(=O)NC1CCCc2occc21. The Morgan fingerprint density at radius 1 is 1.32 bits per heavy atom. The number of amides is 2. The van der Waals surface area contributed by atoms with Crippen LogP contribution in [0.25, 0.3) is 0 Å². The van der Waals surface area contributed by atoms with Crippen molar-refractivity contribution in [2.75, 3.05) is 7.05 Å². The van der Waals surface area contributed by atoms with E-state index in [4.69, 9.17) is 4.42 Å². The Labute approximate surface area is 131 Å². The summed E-state index contributed by atoms with van der Waals surface area (Å²) in [6.45, 7) is 2.04. The minimum absolute atomic E-state index is 0.0358. The van der Waals surface area contributed by atoms with Crippen molar-refractivity contribution in [2.45, 2.75) is 38.3 Å². The predicted octanol–water partition coefficient (Wildman–Crippen LogP) is 4.06. The first-order chi connectivity index (χ1) is 10.7. The van der Waals surface area contributed by atoms with Crippen molar-refractivity contribution in [3.05, 3.63) is 59.5 Å². The van der Waals surface area contributed by atoms with Crippen LogP contribution in [0, 0.1) is 0 Å². The number of fused-ring (bicyclic) bond motifs is 1. The van der Waals surface area contributed by atoms with Gasteiger partial charge in [-0.05, 0) is 31.4 Å². The van der Waals surface area contributed by atoms with Crippen molar-refractivity contribution in [3.8, 4) is 0 Å². The molecule has 0 spiro atoms. The third kappa shape index (κ3) is 2.86. The highest BCUT2D eigenvalue weighted by Gasteiger charge is 2.26. The summed E-state index contributed by atoms with van der Waals surface area (Å²) < 4.78 is 5.48. The minimum Gasteiger partial charge on any atom is -0.469 e. The molecule has 2 amide bonds. The molecule has 3 rings (SSSR count). The minimum atomic E-state index is -0.0459. The van der Waals surface area contributed by atoms with Gasteiger partial charge in [0.2, 0.25) is 0 Å². The van der Waals surface area contributed by atoms with Crippen LogP contribution in [-0.4, -0.2) is 18.0 Å². The zero-order valence-electron chi connectivity index (χ0n) is 13.1. The molecule has 0 saturated heterocycles. The largest absolute Gasteiger partial charge is 0.469 e. The Kier molecular flexibility index (Phi) is 4.18. The smallest absolute Gasteiger partial charge is 0.318 e. The second kappa shape index (κ2) is 6.26. The van der Waals surface area contributed by atoms with Crippen LogP contribution in [0.15, 0.2) is 47.1 Å². The molecule has 116 valence electrons. The number of carbonyl (C=O) groups excluding carboxylic acids is 1. The molecule has 0 aliphatic heterocycles. The summed E-state index contributed by atoms with van der Waals surface area (Å²) in [5.41, 5.74) is 2.26. The quantitative estimate of drug-likeness (QED) is 0.928. The number of hydrogen-bond donors (Lipinski definition) is 1. The Morgan fingerprint density at radius 3 is 2.86 bits per heavy atom. The number of furan rings is 1. The Balaban J connectivity index is 1.68. The molecule has 2 aromatic rings. The Morgan fingerprint density at radius 2 is 2.09 bits per heavy atom. The van der Waals surface area contributed by atoms with Crippen molar-refractivity contribution in [1.82, 2.24) is 10.2 Å². The highest BCUT2D eigenvalue weighted by molar-refractivity contribution is 5.75. The molecule has 2 atom stereocenters. The lowest BCUT2D eigenvalue weighted by Gasteiger charge is -2.29. The normalized spacial score (nSPS) is 18.4. The van der Waals surface area contributed by atoms with Gasteiger partial charge >= 0.3 is 6.03 Å². The van der Waals surface area contributed by atoms with Gasteiger partial charge in [-0.15, -0.1) is 0 Å². The van der Waals surface area contributed by atoms with Crippen LogP contribution in [0.1, 0.15) is 48.7 Å². The standard InChI is InChI=1S/C18H22N2O2/c1-13(14-7-4-3-5-8-14)20(2)18(21)19-16-9-6-10-17-15(16)11-12-22-17/h3-5,7-8,11-13,16H,6,9-10H2,1-2H3,(H,19,21). The molecule has 1 aliphatic carbocycles. The van der Waals surface area contributed by atoms with E-state index in [-0.39, 0.29) is 18.1 Å². The molecule has 0 radical (unpaired) electrons. The van der Waals surface area contributed by atoms with Crippen molar-refractivity contribution >= 4 is 6.03 Å². The fourth-order valence-electron chi connectivity index (χ4n) is 3.02. The zero-order valence-corrected chi connectivity index (χ0v) is 13.1. The van der Waals surface area contributed by atoms with Gasteiger partial charge in [0.15, 0.2) is 0 Å². The molecule has 1 aromatic carbocycles. The Hall–Kier alpha value is -2.23. The number of benzene rings is 1. The van der Waals surface area contributed by atoms with E-state index in [9.17, 15) is 4.79 Å². The molecule has 0 saturated carbocycles. The first kappa shape index (κ1) is 14.7. The average molecular weight is 298 g/mol. The van der Waals surface area contributed by atoms with E-state index >= 15 is 0 Å². The summed E-state index contributed by atoms with van der Waals surface area (Å²) in [5, 5.41) is 3.14. The van der Waals surface area contributed by atoms with Crippen LogP contribution in [0.3, 0.4) is 0 Å². The van der Waals surface area contributed by atoms with Gasteiger partial charge < -0.3 is 14.6 Å². The molecule has 4 nitrogen and oxygen atoms in total. The molecule has 1 N–H and O–H groups in total. The van der Waals surface area contributed by atoms with Crippen LogP contribution >= 0.6 is 0 Å². The molecule has 4 heteroatoms. The van der Waals surface area contributed by atoms with E-state index in [1.54, 1.807) is 11.2 Å². The molecule has 2 unspecified atom stereocenters. The van der Waals surface area contributed by atoms with Crippen LogP contribution in [0.5, 0.6) is 0 Å². The van der Waals surface area contributed by atoms with Gasteiger partial charge in [-0.25, -0.2) is 4.79 Å². The summed E-state index contributed by atoms with van der Waals surface area (Å²) >= 11 is 0. The molecule has 1 aliphatic rings. The van der Waals surface area contributed by atoms with Crippen molar-refractivity contribution in [2.24, 2.45) is 0 Å². The van der Waals surface area contributed by atoms with Crippen LogP contribution in [-0.2, 0) is 6.42 Å². The first-order valence-electron chi connectivity index (χ1n) is 7.81. The number of nitrogens with one attached hydrogen (secondary N) is 1. The van der Waals surface area contributed by atoms with Crippen molar-refractivity contribution in [1.29, 1.82) is 0 Å². The number of rotatable bonds is 3. The maximum absolute atomic E-state index is 12.5. The molecule has 0 bridgehead atoms. The molecular weight excluding hydrogens is 276 g/mol. The number of aryl methyl sites for hydroxylation is 1. The first-order valence-corrected chi connectivity index (χ1v) is 7.81. The lowest BCUT2D eigenvalue weighted by molar-refractivity contribution is 0.188. The van der Waals surface area contributed by atoms with Gasteiger partial charge in [-0.2, -0.15) is 0 Å². The van der Waals surface area contributed by atoms with Gasteiger partial charge in [0.25, 0.3) is 0 Å². The average Bonchev–Trinajstić information content (AvgIpc) is 3.04. The van der Waals surface area contributed by atoms with E-state index in [1.807, 2.05) is 50.4 Å². The molecule has 1 heterocycles. The van der Waals surface area contributed by atoms with Crippen LogP contribution < -0.4 is 5.32 Å². The van der Waals surface area contributed by atoms with Gasteiger partial charge in [0, 0.05) is 19.0 Å². The summed E-state index contributed by atoms with van der Waals surface area (Å²) in [4.78, 5) is 14.3. The lowest BCUT2D eigenvalue weighted by Crippen LogP contribution is -2.41. The van der Waals surface area contributed by atoms with Gasteiger partial charge in [-0.3, -0.25) is 0 Å². The summed E-state index contributed by atoms with van der Waals surface area (Å²) in [5.74, 6) is 1.01. The fraction of sp³-hybridized carbons (Fsp3) is 0.389. The Bertz CT molecular complexity index is 636. The number of nitrogens with zero attached hydrogens (tertiary/aromatic N) is 1. The van der Waals surface area contributed by atoms with Crippen LogP contribution in [0.2, 0.25) is 0 Å². The van der Waals surface area contributed by atoms with E-state index in [0.29, 0.717) is 0 Å². The molecule has 1 aromatic heterocycles. The predicted molar refractivity (Wildman–Crippen MR) is 85.5 cm³/mol. The zero-order chi connectivity index (χ0) is 15.5. The fourth-order valence-corrected chi connectivity index (χ4v) is 3.02. The maximum atomic E-state index is 12.5. The van der Waals surface area contributed by atoms with Crippen LogP contribution in [0.4, 0.5) is 4.79 Å². The lowest BCUT2D eigenvalue weighted by atomic mass is 9.93. The maximum Gasteiger partial charge on any atom is 0.318 e. The topological polar surface area (TPSA) is 45.5 Å². The van der Waals surface area contributed by atoms with Gasteiger partial charge in [0.05, 0.1) is 18.3 Å². The number of carbonyl (C=O) groups is 1. The molecule has 22 heavy (non-hydrogen) atoms. The highest BCUT2D eigenvalue weighted by Crippen LogP contribution is 2.30. The third-order valence-corrected chi connectivity index (χ3v) is 4.53. The summed E-state index contributed by atoms with van der Waals surface area (Å²) in [6, 6.07) is 12.1. The number of urea groups is 1. The molecule has 0 fully saturated rings. The van der Waals surface area contributed by atoms with Gasteiger partial charge in [-0.1, -0.05) is 30.3 Å². The summed E-state index contributed by atoms with van der Waals surface area (Å²) in [7, 11) is 1.84. The van der Waals surface area contributed by atoms with Crippen molar-refractivity contribution in [3.63, 3.8) is 0 Å². The third-order valence-electron chi connectivity index (χ3n) is 4.53. The van der Waals surface area contributed by atoms with Gasteiger partial charge in [0.1, 0.15) is 5.76 Å². The second-order valence-electron chi connectivity index (χ2n) is 5.89. The monoisotopic (exact) mass is 298 g/mol. The summed E-state index contributed by atoms with van der Waals surface area (Å²) in [6.07, 6.45) is 4.69. The second-order valence-corrected chi connectivity index (χ2v) is 5.89. The van der Waals surface area contributed by atoms with E-state index in [1.165, 1.54) is 0 Å². The highest BCUT2D eigenvalue weighted by atomic mass is 16.3. The van der Waals surface area contributed by atoms with Crippen molar-refractivity contribution < 1.29 is 9.21 Å². The van der Waals surface area contributed by atoms with E-state index < -0.39 is 0 Å².